The first-order chi connectivity index (χ1) is 21.1. The standard InChI is InChI=1S/C19H27NO4.C16H21NO4/c1-18(2,3)24-16(21)12-19(4)10-11-20(17(19)22)13-14-6-8-15(23-5)9-7-14;1-16(10-14(18)21-3)8-9-17(15(16)19)11-12-4-6-13(20-2)7-5-12/h6-9H,10-13H2,1-5H3;4-7H,8-11H2,1-3H3. The van der Waals surface area contributed by atoms with Crippen LogP contribution in [0.2, 0.25) is 0 Å². The van der Waals surface area contributed by atoms with Crippen LogP contribution in [0.15, 0.2) is 48.5 Å². The zero-order chi connectivity index (χ0) is 33.4. The highest BCUT2D eigenvalue weighted by Gasteiger charge is 2.45. The molecule has 0 saturated carbocycles. The van der Waals surface area contributed by atoms with Crippen LogP contribution in [0.4, 0.5) is 0 Å². The molecule has 2 fully saturated rings. The van der Waals surface area contributed by atoms with Gasteiger partial charge in [-0.15, -0.1) is 0 Å². The molecule has 0 radical (unpaired) electrons. The smallest absolute Gasteiger partial charge is 0.307 e. The molecule has 246 valence electrons. The van der Waals surface area contributed by atoms with Gasteiger partial charge in [0.15, 0.2) is 0 Å². The molecule has 2 unspecified atom stereocenters. The Bertz CT molecular complexity index is 1330. The second-order valence-electron chi connectivity index (χ2n) is 13.3. The number of likely N-dealkylation sites (tertiary alicyclic amines) is 2. The van der Waals surface area contributed by atoms with Crippen molar-refractivity contribution in [3.8, 4) is 11.5 Å². The number of carbonyl (C=O) groups excluding carboxylic acids is 4. The second kappa shape index (κ2) is 14.8. The van der Waals surface area contributed by atoms with Crippen molar-refractivity contribution in [3.63, 3.8) is 0 Å². The molecule has 2 atom stereocenters. The van der Waals surface area contributed by atoms with Crippen molar-refractivity contribution in [2.45, 2.75) is 79.0 Å². The van der Waals surface area contributed by atoms with Crippen LogP contribution in [0.25, 0.3) is 0 Å². The molecule has 10 nitrogen and oxygen atoms in total. The number of benzene rings is 2. The lowest BCUT2D eigenvalue weighted by Gasteiger charge is -2.25. The van der Waals surface area contributed by atoms with E-state index >= 15 is 0 Å². The maximum Gasteiger partial charge on any atom is 0.307 e. The van der Waals surface area contributed by atoms with Gasteiger partial charge in [0, 0.05) is 26.2 Å². The van der Waals surface area contributed by atoms with Gasteiger partial charge in [-0.05, 0) is 69.0 Å². The zero-order valence-electron chi connectivity index (χ0n) is 27.9. The van der Waals surface area contributed by atoms with Crippen LogP contribution in [0, 0.1) is 10.8 Å². The Kier molecular flexibility index (Phi) is 11.6. The molecule has 4 rings (SSSR count). The summed E-state index contributed by atoms with van der Waals surface area (Å²) in [6.45, 7) is 11.6. The van der Waals surface area contributed by atoms with Crippen molar-refractivity contribution >= 4 is 23.8 Å². The van der Waals surface area contributed by atoms with E-state index in [0.717, 1.165) is 22.6 Å². The SMILES string of the molecule is COC(=O)CC1(C)CCN(Cc2ccc(OC)cc2)C1=O.COc1ccc(CN2CCC(C)(CC(=O)OC(C)(C)C)C2=O)cc1. The van der Waals surface area contributed by atoms with Gasteiger partial charge in [0.1, 0.15) is 17.1 Å². The van der Waals surface area contributed by atoms with Crippen molar-refractivity contribution < 1.29 is 38.1 Å². The fourth-order valence-electron chi connectivity index (χ4n) is 5.56. The third-order valence-corrected chi connectivity index (χ3v) is 8.26. The molecular formula is C35H48N2O8. The van der Waals surface area contributed by atoms with Gasteiger partial charge < -0.3 is 28.7 Å². The third kappa shape index (κ3) is 9.70. The minimum atomic E-state index is -0.672. The van der Waals surface area contributed by atoms with E-state index < -0.39 is 16.4 Å². The van der Waals surface area contributed by atoms with E-state index in [1.165, 1.54) is 7.11 Å². The highest BCUT2D eigenvalue weighted by molar-refractivity contribution is 5.89. The van der Waals surface area contributed by atoms with Crippen LogP contribution >= 0.6 is 0 Å². The van der Waals surface area contributed by atoms with Gasteiger partial charge in [0.05, 0.1) is 45.0 Å². The first-order valence-electron chi connectivity index (χ1n) is 15.2. The maximum absolute atomic E-state index is 12.7. The molecule has 10 heteroatoms. The normalized spacial score (nSPS) is 21.2. The highest BCUT2D eigenvalue weighted by atomic mass is 16.6. The Balaban J connectivity index is 0.000000248. The summed E-state index contributed by atoms with van der Waals surface area (Å²) < 4.78 is 20.3. The summed E-state index contributed by atoms with van der Waals surface area (Å²) in [7, 11) is 4.60. The van der Waals surface area contributed by atoms with E-state index in [9.17, 15) is 19.2 Å². The van der Waals surface area contributed by atoms with Crippen LogP contribution < -0.4 is 9.47 Å². The van der Waals surface area contributed by atoms with Crippen LogP contribution in [-0.2, 0) is 41.7 Å². The Morgan fingerprint density at radius 3 is 1.40 bits per heavy atom. The Hall–Kier alpha value is -4.08. The average Bonchev–Trinajstić information content (AvgIpc) is 3.42. The molecule has 45 heavy (non-hydrogen) atoms. The number of hydrogen-bond acceptors (Lipinski definition) is 8. The molecule has 0 N–H and O–H groups in total. The van der Waals surface area contributed by atoms with E-state index in [2.05, 4.69) is 4.74 Å². The molecule has 2 aliphatic heterocycles. The molecule has 2 heterocycles. The van der Waals surface area contributed by atoms with Crippen molar-refractivity contribution in [2.75, 3.05) is 34.4 Å². The molecule has 2 saturated heterocycles. The van der Waals surface area contributed by atoms with Gasteiger partial charge >= 0.3 is 11.9 Å². The van der Waals surface area contributed by atoms with Gasteiger partial charge in [0.2, 0.25) is 11.8 Å². The first-order valence-corrected chi connectivity index (χ1v) is 15.2. The van der Waals surface area contributed by atoms with E-state index in [1.54, 1.807) is 19.1 Å². The predicted molar refractivity (Wildman–Crippen MR) is 169 cm³/mol. The summed E-state index contributed by atoms with van der Waals surface area (Å²) in [6.07, 6.45) is 1.61. The molecular weight excluding hydrogens is 576 g/mol. The van der Waals surface area contributed by atoms with Crippen molar-refractivity contribution in [1.82, 2.24) is 9.80 Å². The fraction of sp³-hybridized carbons (Fsp3) is 0.543. The summed E-state index contributed by atoms with van der Waals surface area (Å²) in [6, 6.07) is 15.3. The van der Waals surface area contributed by atoms with Gasteiger partial charge in [-0.2, -0.15) is 0 Å². The summed E-state index contributed by atoms with van der Waals surface area (Å²) in [5.74, 6) is 0.970. The molecule has 2 aromatic rings. The van der Waals surface area contributed by atoms with Crippen LogP contribution in [0.1, 0.15) is 71.4 Å². The zero-order valence-corrected chi connectivity index (χ0v) is 27.9. The van der Waals surface area contributed by atoms with Crippen molar-refractivity contribution in [3.05, 3.63) is 59.7 Å². The summed E-state index contributed by atoms with van der Waals surface area (Å²) in [4.78, 5) is 52.4. The van der Waals surface area contributed by atoms with Crippen LogP contribution in [0.3, 0.4) is 0 Å². The quantitative estimate of drug-likeness (QED) is 0.333. The summed E-state index contributed by atoms with van der Waals surface area (Å²) in [5.41, 5.74) is 0.254. The lowest BCUT2D eigenvalue weighted by atomic mass is 9.85. The summed E-state index contributed by atoms with van der Waals surface area (Å²) in [5, 5.41) is 0. The van der Waals surface area contributed by atoms with Gasteiger partial charge in [-0.3, -0.25) is 19.2 Å². The van der Waals surface area contributed by atoms with E-state index in [4.69, 9.17) is 14.2 Å². The van der Waals surface area contributed by atoms with E-state index in [-0.39, 0.29) is 36.6 Å². The number of rotatable bonds is 10. The highest BCUT2D eigenvalue weighted by Crippen LogP contribution is 2.37. The number of methoxy groups -OCH3 is 3. The van der Waals surface area contributed by atoms with Gasteiger partial charge in [0.25, 0.3) is 0 Å². The van der Waals surface area contributed by atoms with Crippen LogP contribution in [0.5, 0.6) is 11.5 Å². The fourth-order valence-corrected chi connectivity index (χ4v) is 5.56. The number of hydrogen-bond donors (Lipinski definition) is 0. The van der Waals surface area contributed by atoms with E-state index in [1.807, 2.05) is 88.0 Å². The Morgan fingerprint density at radius 2 is 1.07 bits per heavy atom. The Labute approximate surface area is 266 Å². The largest absolute Gasteiger partial charge is 0.497 e. The lowest BCUT2D eigenvalue weighted by molar-refractivity contribution is -0.160. The predicted octanol–water partition coefficient (Wildman–Crippen LogP) is 5.16. The number of ether oxygens (including phenoxy) is 4. The number of amides is 2. The topological polar surface area (TPSA) is 112 Å². The van der Waals surface area contributed by atoms with Gasteiger partial charge in [-0.25, -0.2) is 0 Å². The van der Waals surface area contributed by atoms with Gasteiger partial charge in [-0.1, -0.05) is 38.1 Å². The van der Waals surface area contributed by atoms with Crippen molar-refractivity contribution in [1.29, 1.82) is 0 Å². The van der Waals surface area contributed by atoms with Crippen LogP contribution in [-0.4, -0.2) is 73.6 Å². The molecule has 2 aromatic carbocycles. The molecule has 0 spiro atoms. The monoisotopic (exact) mass is 624 g/mol. The minimum absolute atomic E-state index is 0.0173. The molecule has 0 bridgehead atoms. The summed E-state index contributed by atoms with van der Waals surface area (Å²) >= 11 is 0. The molecule has 0 aromatic heterocycles. The number of nitrogens with zero attached hydrogens (tertiary/aromatic N) is 2. The lowest BCUT2D eigenvalue weighted by Crippen LogP contribution is -2.35. The van der Waals surface area contributed by atoms with E-state index in [0.29, 0.717) is 39.0 Å². The molecule has 2 amide bonds. The molecule has 2 aliphatic rings. The van der Waals surface area contributed by atoms with Crippen molar-refractivity contribution in [2.24, 2.45) is 10.8 Å². The third-order valence-electron chi connectivity index (χ3n) is 8.26. The number of carbonyl (C=O) groups is 4. The Morgan fingerprint density at radius 1 is 0.689 bits per heavy atom. The average molecular weight is 625 g/mol. The second-order valence-corrected chi connectivity index (χ2v) is 13.3. The number of esters is 2. The minimum Gasteiger partial charge on any atom is -0.497 e. The first kappa shape index (κ1) is 35.4. The molecule has 0 aliphatic carbocycles. The maximum atomic E-state index is 12.7.